The first kappa shape index (κ1) is 17.7. The molecule has 7 heteroatoms. The molecule has 1 aromatic carbocycles. The second kappa shape index (κ2) is 7.03. The zero-order valence-electron chi connectivity index (χ0n) is 15.1. The Morgan fingerprint density at radius 1 is 1.27 bits per heavy atom. The van der Waals surface area contributed by atoms with Gasteiger partial charge in [0.1, 0.15) is 12.1 Å². The number of carbonyl (C=O) groups excluding carboxylic acids is 2. The Bertz CT molecular complexity index is 885. The maximum Gasteiger partial charge on any atom is 0.358 e. The fourth-order valence-corrected chi connectivity index (χ4v) is 2.95. The van der Waals surface area contributed by atoms with Crippen molar-refractivity contribution in [3.8, 4) is 5.69 Å². The van der Waals surface area contributed by atoms with Crippen molar-refractivity contribution in [2.45, 2.75) is 20.4 Å². The van der Waals surface area contributed by atoms with Gasteiger partial charge in [-0.1, -0.05) is 6.58 Å². The van der Waals surface area contributed by atoms with E-state index >= 15 is 0 Å². The van der Waals surface area contributed by atoms with E-state index < -0.39 is 5.97 Å². The Morgan fingerprint density at radius 3 is 2.69 bits per heavy atom. The van der Waals surface area contributed by atoms with Crippen LogP contribution in [0.2, 0.25) is 0 Å². The van der Waals surface area contributed by atoms with Gasteiger partial charge in [-0.3, -0.25) is 9.36 Å². The lowest BCUT2D eigenvalue weighted by Gasteiger charge is -2.15. The summed E-state index contributed by atoms with van der Waals surface area (Å²) in [5.74, 6) is -0.135. The van der Waals surface area contributed by atoms with Gasteiger partial charge in [0.25, 0.3) is 5.91 Å². The van der Waals surface area contributed by atoms with Crippen LogP contribution in [0.1, 0.15) is 46.0 Å². The molecule has 1 aromatic heterocycles. The number of carbonyl (C=O) groups is 2. The van der Waals surface area contributed by atoms with E-state index in [1.165, 1.54) is 0 Å². The quantitative estimate of drug-likeness (QED) is 0.609. The lowest BCUT2D eigenvalue weighted by atomic mass is 10.1. The Morgan fingerprint density at radius 2 is 2.00 bits per heavy atom. The van der Waals surface area contributed by atoms with E-state index in [0.29, 0.717) is 29.3 Å². The van der Waals surface area contributed by atoms with Crippen LogP contribution in [-0.2, 0) is 16.0 Å². The summed E-state index contributed by atoms with van der Waals surface area (Å²) in [5, 5.41) is 0. The van der Waals surface area contributed by atoms with Crippen molar-refractivity contribution < 1.29 is 19.1 Å². The molecule has 2 heterocycles. The minimum absolute atomic E-state index is 0.148. The number of imidazole rings is 1. The molecule has 136 valence electrons. The van der Waals surface area contributed by atoms with Crippen LogP contribution in [-0.4, -0.2) is 46.6 Å². The average Bonchev–Trinajstić information content (AvgIpc) is 3.00. The third-order valence-corrected chi connectivity index (χ3v) is 4.20. The van der Waals surface area contributed by atoms with Gasteiger partial charge in [-0.25, -0.2) is 9.78 Å². The van der Waals surface area contributed by atoms with Crippen molar-refractivity contribution in [3.63, 3.8) is 0 Å². The minimum atomic E-state index is -0.494. The van der Waals surface area contributed by atoms with Crippen LogP contribution >= 0.6 is 0 Å². The second-order valence-electron chi connectivity index (χ2n) is 5.88. The van der Waals surface area contributed by atoms with Crippen molar-refractivity contribution in [3.05, 3.63) is 53.6 Å². The van der Waals surface area contributed by atoms with Crippen molar-refractivity contribution in [1.29, 1.82) is 0 Å². The van der Waals surface area contributed by atoms with Crippen molar-refractivity contribution in [2.24, 2.45) is 0 Å². The molecule has 3 rings (SSSR count). The van der Waals surface area contributed by atoms with Crippen molar-refractivity contribution >= 4 is 17.6 Å². The average molecular weight is 355 g/mol. The molecule has 0 atom stereocenters. The topological polar surface area (TPSA) is 73.7 Å². The SMILES string of the molecule is C=C(OCC)c1ccc2c(c1)C(=O)N(C)Cc1c(C(=O)OCC)ncn1-2. The maximum atomic E-state index is 12.8. The van der Waals surface area contributed by atoms with Gasteiger partial charge in [-0.05, 0) is 32.0 Å². The monoisotopic (exact) mass is 355 g/mol. The first-order valence-electron chi connectivity index (χ1n) is 8.43. The molecular weight excluding hydrogens is 334 g/mol. The summed E-state index contributed by atoms with van der Waals surface area (Å²) in [4.78, 5) is 30.8. The van der Waals surface area contributed by atoms with Gasteiger partial charge < -0.3 is 14.4 Å². The molecular formula is C19H21N3O4. The fourth-order valence-electron chi connectivity index (χ4n) is 2.95. The first-order chi connectivity index (χ1) is 12.5. The number of hydrogen-bond acceptors (Lipinski definition) is 5. The number of amides is 1. The summed E-state index contributed by atoms with van der Waals surface area (Å²) in [6.45, 7) is 8.53. The van der Waals surface area contributed by atoms with E-state index in [2.05, 4.69) is 11.6 Å². The molecule has 26 heavy (non-hydrogen) atoms. The molecule has 0 N–H and O–H groups in total. The highest BCUT2D eigenvalue weighted by atomic mass is 16.5. The number of aromatic nitrogens is 2. The van der Waals surface area contributed by atoms with Gasteiger partial charge in [0.2, 0.25) is 0 Å². The van der Waals surface area contributed by atoms with Crippen LogP contribution < -0.4 is 0 Å². The Balaban J connectivity index is 2.13. The second-order valence-corrected chi connectivity index (χ2v) is 5.88. The third kappa shape index (κ3) is 2.96. The molecule has 0 fully saturated rings. The molecule has 2 aromatic rings. The molecule has 0 unspecified atom stereocenters. The molecule has 7 nitrogen and oxygen atoms in total. The van der Waals surface area contributed by atoms with E-state index in [1.54, 1.807) is 35.8 Å². The summed E-state index contributed by atoms with van der Waals surface area (Å²) in [7, 11) is 1.69. The lowest BCUT2D eigenvalue weighted by Crippen LogP contribution is -2.26. The number of fused-ring (bicyclic) bond motifs is 3. The summed E-state index contributed by atoms with van der Waals surface area (Å²) in [5.41, 5.74) is 2.74. The molecule has 0 radical (unpaired) electrons. The number of nitrogens with zero attached hydrogens (tertiary/aromatic N) is 3. The van der Waals surface area contributed by atoms with Gasteiger partial charge in [-0.15, -0.1) is 0 Å². The molecule has 1 aliphatic heterocycles. The van der Waals surface area contributed by atoms with Crippen LogP contribution in [0.3, 0.4) is 0 Å². The smallest absolute Gasteiger partial charge is 0.358 e. The van der Waals surface area contributed by atoms with E-state index in [4.69, 9.17) is 9.47 Å². The molecule has 0 bridgehead atoms. The number of hydrogen-bond donors (Lipinski definition) is 0. The normalized spacial score (nSPS) is 12.9. The predicted molar refractivity (Wildman–Crippen MR) is 96.0 cm³/mol. The van der Waals surface area contributed by atoms with Gasteiger partial charge in [0.05, 0.1) is 36.7 Å². The van der Waals surface area contributed by atoms with Crippen LogP contribution in [0.15, 0.2) is 31.1 Å². The molecule has 1 aliphatic rings. The molecule has 0 saturated heterocycles. The van der Waals surface area contributed by atoms with Crippen LogP contribution in [0.25, 0.3) is 11.4 Å². The number of benzene rings is 1. The number of esters is 1. The van der Waals surface area contributed by atoms with Gasteiger partial charge in [-0.2, -0.15) is 0 Å². The molecule has 0 saturated carbocycles. The summed E-state index contributed by atoms with van der Waals surface area (Å²) in [6, 6.07) is 5.40. The highest BCUT2D eigenvalue weighted by Crippen LogP contribution is 2.28. The fraction of sp³-hybridized carbons (Fsp3) is 0.316. The van der Waals surface area contributed by atoms with Crippen LogP contribution in [0, 0.1) is 0 Å². The molecule has 0 spiro atoms. The largest absolute Gasteiger partial charge is 0.494 e. The standard InChI is InChI=1S/C19H21N3O4/c1-5-25-12(3)13-7-8-15-14(9-13)18(23)21(4)10-16-17(19(24)26-6-2)20-11-22(15)16/h7-9,11H,3,5-6,10H2,1-2,4H3. The van der Waals surface area contributed by atoms with E-state index in [1.807, 2.05) is 19.1 Å². The number of ether oxygens (including phenoxy) is 2. The zero-order valence-corrected chi connectivity index (χ0v) is 15.1. The first-order valence-corrected chi connectivity index (χ1v) is 8.43. The Labute approximate surface area is 151 Å². The van der Waals surface area contributed by atoms with E-state index in [9.17, 15) is 9.59 Å². The molecule has 1 amide bonds. The highest BCUT2D eigenvalue weighted by Gasteiger charge is 2.29. The minimum Gasteiger partial charge on any atom is -0.494 e. The molecule has 0 aliphatic carbocycles. The Hall–Kier alpha value is -3.09. The summed E-state index contributed by atoms with van der Waals surface area (Å²) in [6.07, 6.45) is 1.55. The van der Waals surface area contributed by atoms with Crippen LogP contribution in [0.4, 0.5) is 0 Å². The van der Waals surface area contributed by atoms with Gasteiger partial charge >= 0.3 is 5.97 Å². The van der Waals surface area contributed by atoms with Crippen molar-refractivity contribution in [1.82, 2.24) is 14.5 Å². The number of rotatable bonds is 5. The third-order valence-electron chi connectivity index (χ3n) is 4.20. The van der Waals surface area contributed by atoms with Gasteiger partial charge in [0.15, 0.2) is 5.69 Å². The van der Waals surface area contributed by atoms with Gasteiger partial charge in [0, 0.05) is 12.6 Å². The summed E-state index contributed by atoms with van der Waals surface area (Å²) >= 11 is 0. The van der Waals surface area contributed by atoms with E-state index in [-0.39, 0.29) is 24.8 Å². The van der Waals surface area contributed by atoms with Crippen molar-refractivity contribution in [2.75, 3.05) is 20.3 Å². The predicted octanol–water partition coefficient (Wildman–Crippen LogP) is 2.64. The maximum absolute atomic E-state index is 12.8. The summed E-state index contributed by atoms with van der Waals surface area (Å²) < 4.78 is 12.3. The lowest BCUT2D eigenvalue weighted by molar-refractivity contribution is 0.0516. The Kier molecular flexibility index (Phi) is 4.79. The zero-order chi connectivity index (χ0) is 18.8. The van der Waals surface area contributed by atoms with Crippen LogP contribution in [0.5, 0.6) is 0 Å². The highest BCUT2D eigenvalue weighted by molar-refractivity contribution is 5.99. The van der Waals surface area contributed by atoms with E-state index in [0.717, 1.165) is 5.56 Å².